The van der Waals surface area contributed by atoms with Crippen LogP contribution in [0.4, 0.5) is 0 Å². The molecule has 0 unspecified atom stereocenters. The number of nitrogens with zero attached hydrogens (tertiary/aromatic N) is 3. The third kappa shape index (κ3) is 6.93. The fourth-order valence-corrected chi connectivity index (χ4v) is 4.20. The molecule has 0 atom stereocenters. The highest BCUT2D eigenvalue weighted by atomic mass is 32.2. The molecule has 0 radical (unpaired) electrons. The van der Waals surface area contributed by atoms with Gasteiger partial charge in [-0.2, -0.15) is 0 Å². The normalized spacial score (nSPS) is 17.2. The lowest BCUT2D eigenvalue weighted by Crippen LogP contribution is -2.48. The summed E-state index contributed by atoms with van der Waals surface area (Å²) in [4.78, 5) is 11.1. The Bertz CT molecular complexity index is 467. The quantitative estimate of drug-likeness (QED) is 0.247. The standard InChI is InChI=1S/C16H27N5S2/c1-3-9-21-10-5-14(6-11-21)20-15(17-2)18-7-4-12-22-16-19-8-13-23-16/h3,8,13-14H,1,4-7,9-12H2,2H3,(H2,17,18,20). The van der Waals surface area contributed by atoms with Crippen molar-refractivity contribution in [3.8, 4) is 0 Å². The Morgan fingerprint density at radius 1 is 1.57 bits per heavy atom. The Hall–Kier alpha value is -1.05. The predicted molar refractivity (Wildman–Crippen MR) is 102 cm³/mol. The first-order chi connectivity index (χ1) is 11.3. The summed E-state index contributed by atoms with van der Waals surface area (Å²) in [5.74, 6) is 2.00. The molecule has 0 saturated carbocycles. The van der Waals surface area contributed by atoms with Crippen LogP contribution in [0, 0.1) is 0 Å². The van der Waals surface area contributed by atoms with Gasteiger partial charge < -0.3 is 10.6 Å². The zero-order chi connectivity index (χ0) is 16.3. The van der Waals surface area contributed by atoms with Crippen LogP contribution in [-0.4, -0.2) is 60.9 Å². The second kappa shape index (κ2) is 10.7. The van der Waals surface area contributed by atoms with E-state index in [-0.39, 0.29) is 0 Å². The van der Waals surface area contributed by atoms with Crippen LogP contribution in [0.3, 0.4) is 0 Å². The van der Waals surface area contributed by atoms with Crippen LogP contribution in [0.2, 0.25) is 0 Å². The molecule has 5 nitrogen and oxygen atoms in total. The minimum absolute atomic E-state index is 0.520. The number of thiazole rings is 1. The van der Waals surface area contributed by atoms with E-state index in [4.69, 9.17) is 0 Å². The molecule has 2 rings (SSSR count). The van der Waals surface area contributed by atoms with E-state index >= 15 is 0 Å². The number of aromatic nitrogens is 1. The van der Waals surface area contributed by atoms with Gasteiger partial charge in [0.1, 0.15) is 4.34 Å². The van der Waals surface area contributed by atoms with Crippen molar-refractivity contribution in [3.05, 3.63) is 24.2 Å². The molecule has 1 aromatic heterocycles. The average Bonchev–Trinajstić information content (AvgIpc) is 3.09. The van der Waals surface area contributed by atoms with Gasteiger partial charge in [-0.05, 0) is 19.3 Å². The number of hydrogen-bond donors (Lipinski definition) is 2. The van der Waals surface area contributed by atoms with Crippen molar-refractivity contribution in [2.75, 3.05) is 39.0 Å². The predicted octanol–water partition coefficient (Wildman–Crippen LogP) is 2.44. The molecule has 0 aromatic carbocycles. The highest BCUT2D eigenvalue weighted by molar-refractivity contribution is 8.00. The lowest BCUT2D eigenvalue weighted by atomic mass is 10.1. The van der Waals surface area contributed by atoms with Crippen molar-refractivity contribution >= 4 is 29.1 Å². The number of likely N-dealkylation sites (tertiary alicyclic amines) is 1. The SMILES string of the molecule is C=CCN1CCC(NC(=NC)NCCCSc2nccs2)CC1. The molecule has 1 aliphatic rings. The molecule has 2 N–H and O–H groups in total. The number of thioether (sulfide) groups is 1. The first kappa shape index (κ1) is 18.3. The maximum Gasteiger partial charge on any atom is 0.191 e. The van der Waals surface area contributed by atoms with E-state index in [1.54, 1.807) is 11.3 Å². The smallest absolute Gasteiger partial charge is 0.191 e. The maximum atomic E-state index is 4.33. The molecule has 1 aromatic rings. The van der Waals surface area contributed by atoms with Crippen molar-refractivity contribution < 1.29 is 0 Å². The van der Waals surface area contributed by atoms with Gasteiger partial charge >= 0.3 is 0 Å². The molecule has 23 heavy (non-hydrogen) atoms. The Morgan fingerprint density at radius 3 is 3.04 bits per heavy atom. The molecule has 128 valence electrons. The molecule has 1 saturated heterocycles. The number of guanidine groups is 1. The van der Waals surface area contributed by atoms with Crippen molar-refractivity contribution in [2.24, 2.45) is 4.99 Å². The molecule has 1 aliphatic heterocycles. The third-order valence-electron chi connectivity index (χ3n) is 3.79. The van der Waals surface area contributed by atoms with Crippen molar-refractivity contribution in [2.45, 2.75) is 29.6 Å². The average molecular weight is 354 g/mol. The van der Waals surface area contributed by atoms with Gasteiger partial charge in [-0.3, -0.25) is 9.89 Å². The monoisotopic (exact) mass is 353 g/mol. The summed E-state index contributed by atoms with van der Waals surface area (Å²) >= 11 is 3.52. The Labute approximate surface area is 147 Å². The van der Waals surface area contributed by atoms with Crippen LogP contribution < -0.4 is 10.6 Å². The second-order valence-corrected chi connectivity index (χ2v) is 7.74. The first-order valence-corrected chi connectivity index (χ1v) is 10.0. The molecule has 1 fully saturated rings. The molecule has 0 bridgehead atoms. The highest BCUT2D eigenvalue weighted by Gasteiger charge is 2.18. The molecular weight excluding hydrogens is 326 g/mol. The number of hydrogen-bond acceptors (Lipinski definition) is 5. The summed E-state index contributed by atoms with van der Waals surface area (Å²) < 4.78 is 1.15. The number of aliphatic imine (C=N–C) groups is 1. The Kier molecular flexibility index (Phi) is 8.49. The van der Waals surface area contributed by atoms with Crippen molar-refractivity contribution in [1.82, 2.24) is 20.5 Å². The van der Waals surface area contributed by atoms with Gasteiger partial charge in [0.15, 0.2) is 5.96 Å². The van der Waals surface area contributed by atoms with Gasteiger partial charge in [0.05, 0.1) is 0 Å². The third-order valence-corrected chi connectivity index (χ3v) is 5.84. The Balaban J connectivity index is 1.57. The van der Waals surface area contributed by atoms with Gasteiger partial charge in [-0.15, -0.1) is 17.9 Å². The summed E-state index contributed by atoms with van der Waals surface area (Å²) in [6.07, 6.45) is 7.26. The van der Waals surface area contributed by atoms with Gasteiger partial charge in [0.2, 0.25) is 0 Å². The second-order valence-electron chi connectivity index (χ2n) is 5.51. The summed E-state index contributed by atoms with van der Waals surface area (Å²) in [5, 5.41) is 8.97. The van der Waals surface area contributed by atoms with E-state index in [9.17, 15) is 0 Å². The van der Waals surface area contributed by atoms with Gasteiger partial charge in [-0.1, -0.05) is 17.8 Å². The first-order valence-electron chi connectivity index (χ1n) is 8.14. The largest absolute Gasteiger partial charge is 0.356 e. The van der Waals surface area contributed by atoms with E-state index in [1.807, 2.05) is 36.5 Å². The molecule has 7 heteroatoms. The summed E-state index contributed by atoms with van der Waals surface area (Å²) in [5.41, 5.74) is 0. The molecule has 0 spiro atoms. The van der Waals surface area contributed by atoms with Gasteiger partial charge in [-0.25, -0.2) is 4.98 Å². The van der Waals surface area contributed by atoms with Crippen LogP contribution in [-0.2, 0) is 0 Å². The van der Waals surface area contributed by atoms with E-state index < -0.39 is 0 Å². The summed E-state index contributed by atoms with van der Waals surface area (Å²) in [6.45, 7) is 8.00. The van der Waals surface area contributed by atoms with E-state index in [0.717, 1.165) is 61.5 Å². The minimum atomic E-state index is 0.520. The molecule has 2 heterocycles. The van der Waals surface area contributed by atoms with Gasteiger partial charge in [0, 0.05) is 56.6 Å². The number of nitrogens with one attached hydrogen (secondary N) is 2. The van der Waals surface area contributed by atoms with Crippen molar-refractivity contribution in [1.29, 1.82) is 0 Å². The lowest BCUT2D eigenvalue weighted by molar-refractivity contribution is 0.225. The fraction of sp³-hybridized carbons (Fsp3) is 0.625. The topological polar surface area (TPSA) is 52.5 Å². The highest BCUT2D eigenvalue weighted by Crippen LogP contribution is 2.20. The van der Waals surface area contributed by atoms with Gasteiger partial charge in [0.25, 0.3) is 0 Å². The Morgan fingerprint density at radius 2 is 2.39 bits per heavy atom. The molecule has 0 amide bonds. The zero-order valence-corrected chi connectivity index (χ0v) is 15.5. The van der Waals surface area contributed by atoms with Crippen LogP contribution in [0.25, 0.3) is 0 Å². The van der Waals surface area contributed by atoms with Crippen LogP contribution in [0.1, 0.15) is 19.3 Å². The maximum absolute atomic E-state index is 4.33. The van der Waals surface area contributed by atoms with Crippen LogP contribution in [0.15, 0.2) is 33.6 Å². The van der Waals surface area contributed by atoms with Crippen LogP contribution >= 0.6 is 23.1 Å². The lowest BCUT2D eigenvalue weighted by Gasteiger charge is -2.32. The summed E-state index contributed by atoms with van der Waals surface area (Å²) in [7, 11) is 1.84. The number of rotatable bonds is 8. The summed E-state index contributed by atoms with van der Waals surface area (Å²) in [6, 6.07) is 0.520. The molecule has 0 aliphatic carbocycles. The van der Waals surface area contributed by atoms with E-state index in [0.29, 0.717) is 6.04 Å². The van der Waals surface area contributed by atoms with Crippen molar-refractivity contribution in [3.63, 3.8) is 0 Å². The van der Waals surface area contributed by atoms with Crippen LogP contribution in [0.5, 0.6) is 0 Å². The number of piperidine rings is 1. The minimum Gasteiger partial charge on any atom is -0.356 e. The van der Waals surface area contributed by atoms with E-state index in [2.05, 4.69) is 32.1 Å². The fourth-order valence-electron chi connectivity index (χ4n) is 2.55. The molecular formula is C16H27N5S2. The zero-order valence-electron chi connectivity index (χ0n) is 13.8. The van der Waals surface area contributed by atoms with E-state index in [1.165, 1.54) is 0 Å².